The quantitative estimate of drug-likeness (QED) is 0.881. The monoisotopic (exact) mass is 384 g/mol. The molecule has 2 heterocycles. The van der Waals surface area contributed by atoms with Crippen LogP contribution in [0.15, 0.2) is 28.8 Å². The Morgan fingerprint density at radius 1 is 1.08 bits per heavy atom. The average molecular weight is 385 g/mol. The standard InChI is InChI=1S/C14H15F3N4O.2ClH/c15-14(16,17)11-3-1-10(2-4-11)13-19-12(22-20-13)9-21-7-5-18-6-8-21;;/h1-4,18H,5-9H2;2*1H. The topological polar surface area (TPSA) is 54.2 Å². The van der Waals surface area contributed by atoms with Gasteiger partial charge in [0.2, 0.25) is 11.7 Å². The van der Waals surface area contributed by atoms with E-state index in [1.165, 1.54) is 12.1 Å². The molecule has 0 spiro atoms. The normalized spacial score (nSPS) is 15.5. The first kappa shape index (κ1) is 20.7. The van der Waals surface area contributed by atoms with Crippen LogP contribution in [0.5, 0.6) is 0 Å². The average Bonchev–Trinajstić information content (AvgIpc) is 2.96. The largest absolute Gasteiger partial charge is 0.416 e. The van der Waals surface area contributed by atoms with Crippen molar-refractivity contribution in [3.8, 4) is 11.4 Å². The lowest BCUT2D eigenvalue weighted by molar-refractivity contribution is -0.137. The van der Waals surface area contributed by atoms with Gasteiger partial charge in [-0.2, -0.15) is 18.2 Å². The zero-order valence-corrected chi connectivity index (χ0v) is 14.2. The molecule has 0 atom stereocenters. The fourth-order valence-corrected chi connectivity index (χ4v) is 2.31. The van der Waals surface area contributed by atoms with Gasteiger partial charge in [-0.15, -0.1) is 24.8 Å². The van der Waals surface area contributed by atoms with E-state index in [1.54, 1.807) is 0 Å². The van der Waals surface area contributed by atoms with E-state index in [-0.39, 0.29) is 24.8 Å². The summed E-state index contributed by atoms with van der Waals surface area (Å²) in [7, 11) is 0. The number of aromatic nitrogens is 2. The first-order chi connectivity index (χ1) is 10.5. The van der Waals surface area contributed by atoms with Crippen molar-refractivity contribution in [1.29, 1.82) is 0 Å². The molecule has 0 radical (unpaired) electrons. The Morgan fingerprint density at radius 3 is 2.29 bits per heavy atom. The number of halogens is 5. The lowest BCUT2D eigenvalue weighted by Crippen LogP contribution is -2.42. The molecule has 1 fully saturated rings. The lowest BCUT2D eigenvalue weighted by Gasteiger charge is -2.25. The third kappa shape index (κ3) is 5.07. The van der Waals surface area contributed by atoms with Gasteiger partial charge in [0.25, 0.3) is 0 Å². The maximum absolute atomic E-state index is 12.5. The van der Waals surface area contributed by atoms with Gasteiger partial charge in [0.1, 0.15) is 0 Å². The fraction of sp³-hybridized carbons (Fsp3) is 0.429. The van der Waals surface area contributed by atoms with E-state index in [4.69, 9.17) is 4.52 Å². The first-order valence-corrected chi connectivity index (χ1v) is 6.96. The zero-order chi connectivity index (χ0) is 15.6. The molecule has 0 aliphatic carbocycles. The highest BCUT2D eigenvalue weighted by atomic mass is 35.5. The number of benzene rings is 1. The summed E-state index contributed by atoms with van der Waals surface area (Å²) >= 11 is 0. The van der Waals surface area contributed by atoms with Gasteiger partial charge in [0, 0.05) is 31.7 Å². The maximum atomic E-state index is 12.5. The second-order valence-corrected chi connectivity index (χ2v) is 5.11. The van der Waals surface area contributed by atoms with E-state index >= 15 is 0 Å². The van der Waals surface area contributed by atoms with Crippen LogP contribution in [0.3, 0.4) is 0 Å². The van der Waals surface area contributed by atoms with Crippen molar-refractivity contribution >= 4 is 24.8 Å². The van der Waals surface area contributed by atoms with Crippen LogP contribution in [0.2, 0.25) is 0 Å². The third-order valence-corrected chi connectivity index (χ3v) is 3.51. The molecule has 1 aromatic heterocycles. The third-order valence-electron chi connectivity index (χ3n) is 3.51. The van der Waals surface area contributed by atoms with Crippen LogP contribution in [0.1, 0.15) is 11.5 Å². The Kier molecular flexibility index (Phi) is 7.47. The Labute approximate surface area is 149 Å². The van der Waals surface area contributed by atoms with Crippen LogP contribution in [-0.4, -0.2) is 41.2 Å². The van der Waals surface area contributed by atoms with Gasteiger partial charge in [-0.05, 0) is 12.1 Å². The number of nitrogens with zero attached hydrogens (tertiary/aromatic N) is 3. The van der Waals surface area contributed by atoms with Gasteiger partial charge in [0.05, 0.1) is 12.1 Å². The summed E-state index contributed by atoms with van der Waals surface area (Å²) in [5.74, 6) is 0.774. The summed E-state index contributed by atoms with van der Waals surface area (Å²) < 4.78 is 42.8. The van der Waals surface area contributed by atoms with Crippen molar-refractivity contribution in [1.82, 2.24) is 20.4 Å². The Hall–Kier alpha value is -1.35. The summed E-state index contributed by atoms with van der Waals surface area (Å²) in [6.07, 6.45) is -4.34. The minimum Gasteiger partial charge on any atom is -0.338 e. The van der Waals surface area contributed by atoms with Crippen molar-refractivity contribution in [2.45, 2.75) is 12.7 Å². The molecule has 2 aromatic rings. The van der Waals surface area contributed by atoms with Crippen LogP contribution in [0, 0.1) is 0 Å². The molecule has 0 unspecified atom stereocenters. The molecule has 1 aliphatic rings. The van der Waals surface area contributed by atoms with Crippen LogP contribution in [0.4, 0.5) is 13.2 Å². The second kappa shape index (κ2) is 8.66. The molecule has 1 aliphatic heterocycles. The summed E-state index contributed by atoms with van der Waals surface area (Å²) in [6, 6.07) is 4.73. The Morgan fingerprint density at radius 2 is 1.71 bits per heavy atom. The first-order valence-electron chi connectivity index (χ1n) is 6.96. The molecular weight excluding hydrogens is 368 g/mol. The van der Waals surface area contributed by atoms with Crippen LogP contribution in [-0.2, 0) is 12.7 Å². The predicted octanol–water partition coefficient (Wildman–Crippen LogP) is 3.00. The molecule has 134 valence electrons. The highest BCUT2D eigenvalue weighted by Crippen LogP contribution is 2.30. The van der Waals surface area contributed by atoms with Crippen molar-refractivity contribution in [2.75, 3.05) is 26.2 Å². The Bertz CT molecular complexity index is 628. The van der Waals surface area contributed by atoms with Crippen molar-refractivity contribution < 1.29 is 17.7 Å². The summed E-state index contributed by atoms with van der Waals surface area (Å²) in [4.78, 5) is 6.43. The van der Waals surface area contributed by atoms with Gasteiger partial charge in [-0.25, -0.2) is 0 Å². The van der Waals surface area contributed by atoms with E-state index in [0.717, 1.165) is 38.3 Å². The van der Waals surface area contributed by atoms with Crippen molar-refractivity contribution in [3.05, 3.63) is 35.7 Å². The molecule has 24 heavy (non-hydrogen) atoms. The van der Waals surface area contributed by atoms with Crippen LogP contribution < -0.4 is 5.32 Å². The SMILES string of the molecule is Cl.Cl.FC(F)(F)c1ccc(-c2noc(CN3CCNCC3)n2)cc1. The van der Waals surface area contributed by atoms with E-state index in [0.29, 0.717) is 23.8 Å². The molecule has 10 heteroatoms. The van der Waals surface area contributed by atoms with E-state index in [9.17, 15) is 13.2 Å². The van der Waals surface area contributed by atoms with Crippen LogP contribution >= 0.6 is 24.8 Å². The number of nitrogens with one attached hydrogen (secondary N) is 1. The molecular formula is C14H17Cl2F3N4O. The molecule has 0 bridgehead atoms. The van der Waals surface area contributed by atoms with Gasteiger partial charge in [0.15, 0.2) is 0 Å². The van der Waals surface area contributed by atoms with Gasteiger partial charge in [-0.1, -0.05) is 17.3 Å². The molecule has 1 aromatic carbocycles. The highest BCUT2D eigenvalue weighted by Gasteiger charge is 2.30. The van der Waals surface area contributed by atoms with E-state index < -0.39 is 11.7 Å². The highest BCUT2D eigenvalue weighted by molar-refractivity contribution is 5.85. The lowest BCUT2D eigenvalue weighted by atomic mass is 10.1. The maximum Gasteiger partial charge on any atom is 0.416 e. The van der Waals surface area contributed by atoms with Crippen molar-refractivity contribution in [2.24, 2.45) is 0 Å². The Balaban J connectivity index is 0.00000144. The van der Waals surface area contributed by atoms with Gasteiger partial charge in [-0.3, -0.25) is 4.90 Å². The number of alkyl halides is 3. The molecule has 5 nitrogen and oxygen atoms in total. The smallest absolute Gasteiger partial charge is 0.338 e. The summed E-state index contributed by atoms with van der Waals surface area (Å²) in [5, 5.41) is 7.08. The van der Waals surface area contributed by atoms with Crippen LogP contribution in [0.25, 0.3) is 11.4 Å². The number of rotatable bonds is 3. The second-order valence-electron chi connectivity index (χ2n) is 5.11. The number of piperazine rings is 1. The molecule has 1 N–H and O–H groups in total. The number of hydrogen-bond acceptors (Lipinski definition) is 5. The molecule has 0 amide bonds. The van der Waals surface area contributed by atoms with Crippen molar-refractivity contribution in [3.63, 3.8) is 0 Å². The van der Waals surface area contributed by atoms with E-state index in [2.05, 4.69) is 20.4 Å². The molecule has 0 saturated carbocycles. The van der Waals surface area contributed by atoms with Gasteiger partial charge < -0.3 is 9.84 Å². The summed E-state index contributed by atoms with van der Waals surface area (Å²) in [5.41, 5.74) is -0.191. The molecule has 1 saturated heterocycles. The predicted molar refractivity (Wildman–Crippen MR) is 87.4 cm³/mol. The minimum atomic E-state index is -4.34. The van der Waals surface area contributed by atoms with Gasteiger partial charge >= 0.3 is 6.18 Å². The fourth-order valence-electron chi connectivity index (χ4n) is 2.31. The van der Waals surface area contributed by atoms with E-state index in [1.807, 2.05) is 0 Å². The molecule has 3 rings (SSSR count). The summed E-state index contributed by atoms with van der Waals surface area (Å²) in [6.45, 7) is 4.19. The minimum absolute atomic E-state index is 0. The number of hydrogen-bond donors (Lipinski definition) is 1. The zero-order valence-electron chi connectivity index (χ0n) is 12.5.